The van der Waals surface area contributed by atoms with Crippen molar-refractivity contribution in [3.63, 3.8) is 0 Å². The summed E-state index contributed by atoms with van der Waals surface area (Å²) in [5, 5.41) is 8.94. The van der Waals surface area contributed by atoms with E-state index in [1.807, 2.05) is 0 Å². The summed E-state index contributed by atoms with van der Waals surface area (Å²) in [5.74, 6) is -1.28. The number of nitrogens with zero attached hydrogens (tertiary/aromatic N) is 2. The Kier molecular flexibility index (Phi) is 8.61. The molecular weight excluding hydrogens is 300 g/mol. The van der Waals surface area contributed by atoms with Crippen LogP contribution in [0.15, 0.2) is 0 Å². The Balaban J connectivity index is 2.49. The molecule has 0 aromatic rings. The zero-order valence-corrected chi connectivity index (χ0v) is 14.1. The standard InChI is InChI=1S/C16H28N2O5/c1-3-4-10-23-12-15(20)17-8-5-6-14(7-9-17)18(13(2)19)11-16(21)22/h14H,3-12H2,1-2H3,(H,21,22). The molecule has 2 amide bonds. The molecule has 7 nitrogen and oxygen atoms in total. The molecule has 0 saturated carbocycles. The first-order valence-corrected chi connectivity index (χ1v) is 8.30. The molecule has 132 valence electrons. The van der Waals surface area contributed by atoms with Gasteiger partial charge in [-0.25, -0.2) is 0 Å². The fraction of sp³-hybridized carbons (Fsp3) is 0.812. The number of carbonyl (C=O) groups excluding carboxylic acids is 2. The molecule has 1 heterocycles. The monoisotopic (exact) mass is 328 g/mol. The van der Waals surface area contributed by atoms with E-state index >= 15 is 0 Å². The lowest BCUT2D eigenvalue weighted by Gasteiger charge is -2.28. The molecule has 0 spiro atoms. The van der Waals surface area contributed by atoms with Crippen molar-refractivity contribution in [2.75, 3.05) is 32.8 Å². The van der Waals surface area contributed by atoms with Gasteiger partial charge in [0.25, 0.3) is 0 Å². The largest absolute Gasteiger partial charge is 0.480 e. The lowest BCUT2D eigenvalue weighted by molar-refractivity contribution is -0.145. The van der Waals surface area contributed by atoms with Crippen LogP contribution in [0.5, 0.6) is 0 Å². The van der Waals surface area contributed by atoms with Gasteiger partial charge in [0.15, 0.2) is 0 Å². The Bertz CT molecular complexity index is 413. The summed E-state index contributed by atoms with van der Waals surface area (Å²) in [7, 11) is 0. The minimum absolute atomic E-state index is 0.0330. The normalized spacial score (nSPS) is 18.3. The van der Waals surface area contributed by atoms with Crippen molar-refractivity contribution < 1.29 is 24.2 Å². The maximum atomic E-state index is 12.1. The number of carboxylic acids is 1. The van der Waals surface area contributed by atoms with Crippen molar-refractivity contribution in [1.82, 2.24) is 9.80 Å². The lowest BCUT2D eigenvalue weighted by atomic mass is 10.1. The summed E-state index contributed by atoms with van der Waals surface area (Å²) in [6.45, 7) is 5.02. The van der Waals surface area contributed by atoms with E-state index in [0.717, 1.165) is 19.3 Å². The SMILES string of the molecule is CCCCOCC(=O)N1CCCC(N(CC(=O)O)C(C)=O)CC1. The summed E-state index contributed by atoms with van der Waals surface area (Å²) in [6, 6.07) is -0.123. The quantitative estimate of drug-likeness (QED) is 0.675. The average molecular weight is 328 g/mol. The number of hydrogen-bond donors (Lipinski definition) is 1. The highest BCUT2D eigenvalue weighted by Gasteiger charge is 2.27. The van der Waals surface area contributed by atoms with E-state index in [9.17, 15) is 14.4 Å². The van der Waals surface area contributed by atoms with Crippen molar-refractivity contribution >= 4 is 17.8 Å². The van der Waals surface area contributed by atoms with Crippen molar-refractivity contribution in [3.05, 3.63) is 0 Å². The van der Waals surface area contributed by atoms with Gasteiger partial charge in [0.05, 0.1) is 0 Å². The molecule has 7 heteroatoms. The van der Waals surface area contributed by atoms with Gasteiger partial charge < -0.3 is 19.6 Å². The maximum Gasteiger partial charge on any atom is 0.323 e. The molecule has 0 bridgehead atoms. The van der Waals surface area contributed by atoms with Crippen LogP contribution in [0.2, 0.25) is 0 Å². The Morgan fingerprint density at radius 1 is 1.26 bits per heavy atom. The number of likely N-dealkylation sites (tertiary alicyclic amines) is 1. The molecule has 1 fully saturated rings. The second-order valence-electron chi connectivity index (χ2n) is 5.91. The third-order valence-electron chi connectivity index (χ3n) is 4.07. The highest BCUT2D eigenvalue weighted by atomic mass is 16.5. The van der Waals surface area contributed by atoms with Gasteiger partial charge in [0.2, 0.25) is 11.8 Å². The molecule has 1 N–H and O–H groups in total. The number of aliphatic carboxylic acids is 1. The Labute approximate surface area is 137 Å². The van der Waals surface area contributed by atoms with Gasteiger partial charge in [-0.1, -0.05) is 13.3 Å². The molecule has 1 atom stereocenters. The van der Waals surface area contributed by atoms with Crippen LogP contribution in [0, 0.1) is 0 Å². The molecule has 0 aromatic carbocycles. The third-order valence-corrected chi connectivity index (χ3v) is 4.07. The highest BCUT2D eigenvalue weighted by molar-refractivity contribution is 5.80. The molecule has 1 saturated heterocycles. The predicted molar refractivity (Wildman–Crippen MR) is 85.0 cm³/mol. The summed E-state index contributed by atoms with van der Waals surface area (Å²) >= 11 is 0. The van der Waals surface area contributed by atoms with Crippen LogP contribution in [0.1, 0.15) is 46.0 Å². The van der Waals surface area contributed by atoms with Gasteiger partial charge in [-0.3, -0.25) is 14.4 Å². The fourth-order valence-electron chi connectivity index (χ4n) is 2.78. The van der Waals surface area contributed by atoms with Crippen molar-refractivity contribution in [2.45, 2.75) is 52.0 Å². The van der Waals surface area contributed by atoms with Crippen LogP contribution in [0.4, 0.5) is 0 Å². The third kappa shape index (κ3) is 6.99. The molecule has 1 aliphatic rings. The van der Waals surface area contributed by atoms with Crippen LogP contribution in [-0.2, 0) is 19.1 Å². The number of carboxylic acid groups (broad SMARTS) is 1. The van der Waals surface area contributed by atoms with Gasteiger partial charge in [-0.2, -0.15) is 0 Å². The summed E-state index contributed by atoms with van der Waals surface area (Å²) in [6.07, 6.45) is 4.05. The van der Waals surface area contributed by atoms with E-state index < -0.39 is 5.97 Å². The first-order chi connectivity index (χ1) is 11.0. The van der Waals surface area contributed by atoms with E-state index in [1.54, 1.807) is 4.90 Å². The molecule has 1 unspecified atom stereocenters. The van der Waals surface area contributed by atoms with E-state index in [2.05, 4.69) is 6.92 Å². The number of ether oxygens (including phenoxy) is 1. The molecule has 23 heavy (non-hydrogen) atoms. The number of hydrogen-bond acceptors (Lipinski definition) is 4. The highest BCUT2D eigenvalue weighted by Crippen LogP contribution is 2.17. The Morgan fingerprint density at radius 2 is 2.00 bits per heavy atom. The summed E-state index contributed by atoms with van der Waals surface area (Å²) < 4.78 is 5.36. The first kappa shape index (κ1) is 19.4. The summed E-state index contributed by atoms with van der Waals surface area (Å²) in [4.78, 5) is 37.9. The number of rotatable bonds is 8. The molecule has 0 aliphatic carbocycles. The van der Waals surface area contributed by atoms with Crippen molar-refractivity contribution in [3.8, 4) is 0 Å². The number of carbonyl (C=O) groups is 3. The number of unbranched alkanes of at least 4 members (excludes halogenated alkanes) is 1. The molecule has 0 aromatic heterocycles. The molecule has 1 rings (SSSR count). The second kappa shape index (κ2) is 10.2. The predicted octanol–water partition coefficient (Wildman–Crippen LogP) is 1.12. The zero-order valence-electron chi connectivity index (χ0n) is 14.1. The average Bonchev–Trinajstić information content (AvgIpc) is 2.74. The van der Waals surface area contributed by atoms with Gasteiger partial charge in [0, 0.05) is 32.7 Å². The molecule has 1 aliphatic heterocycles. The van der Waals surface area contributed by atoms with Gasteiger partial charge in [-0.15, -0.1) is 0 Å². The Hall–Kier alpha value is -1.63. The van der Waals surface area contributed by atoms with E-state index in [-0.39, 0.29) is 31.0 Å². The van der Waals surface area contributed by atoms with Crippen LogP contribution in [0.3, 0.4) is 0 Å². The van der Waals surface area contributed by atoms with E-state index in [0.29, 0.717) is 32.5 Å². The fourth-order valence-corrected chi connectivity index (χ4v) is 2.78. The van der Waals surface area contributed by atoms with E-state index in [4.69, 9.17) is 9.84 Å². The second-order valence-corrected chi connectivity index (χ2v) is 5.91. The van der Waals surface area contributed by atoms with Crippen LogP contribution in [0.25, 0.3) is 0 Å². The topological polar surface area (TPSA) is 87.2 Å². The smallest absolute Gasteiger partial charge is 0.323 e. The number of amides is 2. The van der Waals surface area contributed by atoms with Crippen LogP contribution in [-0.4, -0.2) is 71.6 Å². The van der Waals surface area contributed by atoms with Gasteiger partial charge in [0.1, 0.15) is 13.2 Å². The zero-order chi connectivity index (χ0) is 17.2. The van der Waals surface area contributed by atoms with Gasteiger partial charge >= 0.3 is 5.97 Å². The first-order valence-electron chi connectivity index (χ1n) is 8.30. The Morgan fingerprint density at radius 3 is 2.61 bits per heavy atom. The van der Waals surface area contributed by atoms with E-state index in [1.165, 1.54) is 11.8 Å². The van der Waals surface area contributed by atoms with Gasteiger partial charge in [-0.05, 0) is 25.7 Å². The molecule has 0 radical (unpaired) electrons. The summed E-state index contributed by atoms with van der Waals surface area (Å²) in [5.41, 5.74) is 0. The molecular formula is C16H28N2O5. The maximum absolute atomic E-state index is 12.1. The minimum atomic E-state index is -1.01. The van der Waals surface area contributed by atoms with Crippen LogP contribution < -0.4 is 0 Å². The lowest BCUT2D eigenvalue weighted by Crippen LogP contribution is -2.43. The van der Waals surface area contributed by atoms with Crippen molar-refractivity contribution in [2.24, 2.45) is 0 Å². The minimum Gasteiger partial charge on any atom is -0.480 e. The van der Waals surface area contributed by atoms with Crippen molar-refractivity contribution in [1.29, 1.82) is 0 Å². The van der Waals surface area contributed by atoms with Crippen LogP contribution >= 0.6 is 0 Å².